The van der Waals surface area contributed by atoms with Gasteiger partial charge in [0.25, 0.3) is 0 Å². The Morgan fingerprint density at radius 3 is 3.18 bits per heavy atom. The number of nitrogens with zero attached hydrogens (tertiary/aromatic N) is 2. The molecule has 0 radical (unpaired) electrons. The van der Waals surface area contributed by atoms with Gasteiger partial charge in [-0.25, -0.2) is 10.4 Å². The lowest BCUT2D eigenvalue weighted by Crippen LogP contribution is -2.43. The summed E-state index contributed by atoms with van der Waals surface area (Å²) in [5.74, 6) is 0. The highest BCUT2D eigenvalue weighted by atomic mass is 32.1. The first-order chi connectivity index (χ1) is 5.47. The second-order valence-corrected chi connectivity index (χ2v) is 3.45. The fourth-order valence-corrected chi connectivity index (χ4v) is 1.85. The highest BCUT2D eigenvalue weighted by Crippen LogP contribution is 2.17. The number of rotatable bonds is 1. The Morgan fingerprint density at radius 1 is 1.55 bits per heavy atom. The molecule has 0 saturated carbocycles. The van der Waals surface area contributed by atoms with Gasteiger partial charge in [0.1, 0.15) is 0 Å². The molecule has 1 aliphatic rings. The van der Waals surface area contributed by atoms with E-state index in [9.17, 15) is 0 Å². The SMILES string of the molecule is c1csc(N2CCCCN2)n1. The van der Waals surface area contributed by atoms with Gasteiger partial charge in [0.05, 0.1) is 0 Å². The van der Waals surface area contributed by atoms with Crippen molar-refractivity contribution in [2.24, 2.45) is 0 Å². The van der Waals surface area contributed by atoms with Crippen molar-refractivity contribution in [1.29, 1.82) is 0 Å². The summed E-state index contributed by atoms with van der Waals surface area (Å²) in [6, 6.07) is 0. The van der Waals surface area contributed by atoms with E-state index in [1.165, 1.54) is 12.8 Å². The molecule has 1 N–H and O–H groups in total. The molecule has 1 saturated heterocycles. The van der Waals surface area contributed by atoms with E-state index in [-0.39, 0.29) is 0 Å². The molecule has 0 aromatic carbocycles. The van der Waals surface area contributed by atoms with Crippen molar-refractivity contribution in [3.05, 3.63) is 11.6 Å². The van der Waals surface area contributed by atoms with Gasteiger partial charge in [-0.05, 0) is 12.8 Å². The van der Waals surface area contributed by atoms with Gasteiger partial charge in [-0.1, -0.05) is 0 Å². The number of hydrogen-bond donors (Lipinski definition) is 1. The van der Waals surface area contributed by atoms with Crippen LogP contribution >= 0.6 is 11.3 Å². The summed E-state index contributed by atoms with van der Waals surface area (Å²) in [6.07, 6.45) is 4.39. The number of nitrogens with one attached hydrogen (secondary N) is 1. The van der Waals surface area contributed by atoms with Crippen LogP contribution in [-0.2, 0) is 0 Å². The standard InChI is InChI=1S/C7H11N3S/c1-2-5-10(9-3-1)7-8-4-6-11-7/h4,6,9H,1-3,5H2. The molecular weight excluding hydrogens is 158 g/mol. The number of anilines is 1. The third kappa shape index (κ3) is 1.52. The lowest BCUT2D eigenvalue weighted by molar-refractivity contribution is 0.511. The van der Waals surface area contributed by atoms with E-state index < -0.39 is 0 Å². The summed E-state index contributed by atoms with van der Waals surface area (Å²) < 4.78 is 0. The molecule has 11 heavy (non-hydrogen) atoms. The molecule has 3 nitrogen and oxygen atoms in total. The highest BCUT2D eigenvalue weighted by molar-refractivity contribution is 7.13. The molecule has 1 aromatic heterocycles. The van der Waals surface area contributed by atoms with Crippen LogP contribution in [0.25, 0.3) is 0 Å². The normalized spacial score (nSPS) is 18.7. The third-order valence-corrected chi connectivity index (χ3v) is 2.56. The molecule has 60 valence electrons. The van der Waals surface area contributed by atoms with Gasteiger partial charge in [-0.2, -0.15) is 0 Å². The number of hydrogen-bond acceptors (Lipinski definition) is 4. The second kappa shape index (κ2) is 3.19. The zero-order chi connectivity index (χ0) is 7.52. The largest absolute Gasteiger partial charge is 0.284 e. The number of aromatic nitrogens is 1. The monoisotopic (exact) mass is 169 g/mol. The van der Waals surface area contributed by atoms with Crippen molar-refractivity contribution >= 4 is 16.5 Å². The van der Waals surface area contributed by atoms with Gasteiger partial charge in [0.15, 0.2) is 5.13 Å². The molecule has 1 aromatic rings. The lowest BCUT2D eigenvalue weighted by Gasteiger charge is -2.26. The van der Waals surface area contributed by atoms with Crippen molar-refractivity contribution in [1.82, 2.24) is 10.4 Å². The van der Waals surface area contributed by atoms with Crippen molar-refractivity contribution in [2.75, 3.05) is 18.1 Å². The maximum Gasteiger partial charge on any atom is 0.199 e. The van der Waals surface area contributed by atoms with Crippen LogP contribution in [0.4, 0.5) is 5.13 Å². The summed E-state index contributed by atoms with van der Waals surface area (Å²) in [4.78, 5) is 4.22. The van der Waals surface area contributed by atoms with Crippen LogP contribution in [0.3, 0.4) is 0 Å². The molecule has 0 bridgehead atoms. The molecule has 4 heteroatoms. The third-order valence-electron chi connectivity index (χ3n) is 1.76. The van der Waals surface area contributed by atoms with E-state index >= 15 is 0 Å². The predicted molar refractivity (Wildman–Crippen MR) is 46.7 cm³/mol. The lowest BCUT2D eigenvalue weighted by atomic mass is 10.3. The Hall–Kier alpha value is -0.610. The van der Waals surface area contributed by atoms with E-state index in [1.807, 2.05) is 11.6 Å². The highest BCUT2D eigenvalue weighted by Gasteiger charge is 2.11. The Labute approximate surface area is 70.0 Å². The first kappa shape index (κ1) is 7.06. The van der Waals surface area contributed by atoms with Gasteiger partial charge >= 0.3 is 0 Å². The van der Waals surface area contributed by atoms with Crippen LogP contribution in [0.2, 0.25) is 0 Å². The molecule has 0 spiro atoms. The average Bonchev–Trinajstić information content (AvgIpc) is 2.58. The summed E-state index contributed by atoms with van der Waals surface area (Å²) in [6.45, 7) is 2.17. The Morgan fingerprint density at radius 2 is 2.55 bits per heavy atom. The summed E-state index contributed by atoms with van der Waals surface area (Å²) in [5.41, 5.74) is 3.30. The Balaban J connectivity index is 2.04. The van der Waals surface area contributed by atoms with Gasteiger partial charge in [-0.15, -0.1) is 11.3 Å². The van der Waals surface area contributed by atoms with Crippen LogP contribution in [0.15, 0.2) is 11.6 Å². The van der Waals surface area contributed by atoms with Gasteiger partial charge in [0.2, 0.25) is 0 Å². The van der Waals surface area contributed by atoms with E-state index in [4.69, 9.17) is 0 Å². The van der Waals surface area contributed by atoms with Gasteiger partial charge in [-0.3, -0.25) is 5.01 Å². The topological polar surface area (TPSA) is 28.2 Å². The molecule has 2 heterocycles. The zero-order valence-corrected chi connectivity index (χ0v) is 7.10. The van der Waals surface area contributed by atoms with Gasteiger partial charge in [0, 0.05) is 24.7 Å². The van der Waals surface area contributed by atoms with E-state index in [2.05, 4.69) is 15.4 Å². The summed E-state index contributed by atoms with van der Waals surface area (Å²) in [5, 5.41) is 5.23. The first-order valence-electron chi connectivity index (χ1n) is 3.87. The van der Waals surface area contributed by atoms with E-state index in [1.54, 1.807) is 11.3 Å². The molecule has 0 unspecified atom stereocenters. The zero-order valence-electron chi connectivity index (χ0n) is 6.29. The van der Waals surface area contributed by atoms with Crippen LogP contribution in [-0.4, -0.2) is 18.1 Å². The molecule has 0 atom stereocenters. The van der Waals surface area contributed by atoms with Gasteiger partial charge < -0.3 is 0 Å². The molecule has 1 fully saturated rings. The van der Waals surface area contributed by atoms with Crippen molar-refractivity contribution in [2.45, 2.75) is 12.8 Å². The quantitative estimate of drug-likeness (QED) is 0.685. The minimum atomic E-state index is 1.08. The maximum atomic E-state index is 4.22. The van der Waals surface area contributed by atoms with E-state index in [0.717, 1.165) is 18.2 Å². The van der Waals surface area contributed by atoms with Crippen LogP contribution in [0.5, 0.6) is 0 Å². The van der Waals surface area contributed by atoms with E-state index in [0.29, 0.717) is 0 Å². The van der Waals surface area contributed by atoms with Crippen molar-refractivity contribution < 1.29 is 0 Å². The van der Waals surface area contributed by atoms with Crippen molar-refractivity contribution in [3.63, 3.8) is 0 Å². The summed E-state index contributed by atoms with van der Waals surface area (Å²) >= 11 is 1.68. The Bertz CT molecular complexity index is 203. The minimum Gasteiger partial charge on any atom is -0.284 e. The molecule has 1 aliphatic heterocycles. The predicted octanol–water partition coefficient (Wildman–Crippen LogP) is 1.25. The Kier molecular flexibility index (Phi) is 2.05. The molecule has 0 aliphatic carbocycles. The number of hydrazine groups is 1. The minimum absolute atomic E-state index is 1.08. The molecular formula is C7H11N3S. The fraction of sp³-hybridized carbons (Fsp3) is 0.571. The van der Waals surface area contributed by atoms with Crippen LogP contribution < -0.4 is 10.4 Å². The molecule has 2 rings (SSSR count). The second-order valence-electron chi connectivity index (χ2n) is 2.58. The number of thiazole rings is 1. The molecule has 0 amide bonds. The first-order valence-corrected chi connectivity index (χ1v) is 4.75. The van der Waals surface area contributed by atoms with Crippen LogP contribution in [0, 0.1) is 0 Å². The maximum absolute atomic E-state index is 4.22. The van der Waals surface area contributed by atoms with Crippen molar-refractivity contribution in [3.8, 4) is 0 Å². The fourth-order valence-electron chi connectivity index (χ4n) is 1.20. The smallest absolute Gasteiger partial charge is 0.199 e. The average molecular weight is 169 g/mol. The summed E-state index contributed by atoms with van der Waals surface area (Å²) in [7, 11) is 0. The van der Waals surface area contributed by atoms with Crippen LogP contribution in [0.1, 0.15) is 12.8 Å².